The molecule has 32 heavy (non-hydrogen) atoms. The quantitative estimate of drug-likeness (QED) is 0.572. The van der Waals surface area contributed by atoms with Crippen molar-refractivity contribution < 1.29 is 18.0 Å². The first-order valence-electron chi connectivity index (χ1n) is 9.54. The third-order valence-corrected chi connectivity index (χ3v) is 6.97. The number of hydrogen-bond acceptors (Lipinski definition) is 4. The molecule has 2 amide bonds. The van der Waals surface area contributed by atoms with Crippen LogP contribution in [0.1, 0.15) is 18.1 Å². The summed E-state index contributed by atoms with van der Waals surface area (Å²) in [5.74, 6) is -0.972. The highest BCUT2D eigenvalue weighted by Gasteiger charge is 2.30. The van der Waals surface area contributed by atoms with Crippen molar-refractivity contribution in [3.05, 3.63) is 62.6 Å². The first kappa shape index (κ1) is 26.3. The molecule has 0 spiro atoms. The van der Waals surface area contributed by atoms with Crippen molar-refractivity contribution in [2.75, 3.05) is 24.2 Å². The highest BCUT2D eigenvalue weighted by atomic mass is 35.5. The van der Waals surface area contributed by atoms with Crippen LogP contribution in [0.3, 0.4) is 0 Å². The van der Waals surface area contributed by atoms with Crippen LogP contribution in [0.15, 0.2) is 36.4 Å². The van der Waals surface area contributed by atoms with Crippen LogP contribution < -0.4 is 9.62 Å². The van der Waals surface area contributed by atoms with Gasteiger partial charge in [-0.1, -0.05) is 46.9 Å². The number of rotatable bonds is 8. The minimum Gasteiger partial charge on any atom is -0.357 e. The fourth-order valence-electron chi connectivity index (χ4n) is 3.07. The van der Waals surface area contributed by atoms with E-state index in [-0.39, 0.29) is 12.2 Å². The molecule has 0 saturated heterocycles. The van der Waals surface area contributed by atoms with E-state index in [0.29, 0.717) is 26.2 Å². The van der Waals surface area contributed by atoms with E-state index in [2.05, 4.69) is 5.32 Å². The Morgan fingerprint density at radius 1 is 1.06 bits per heavy atom. The summed E-state index contributed by atoms with van der Waals surface area (Å²) in [6, 6.07) is 8.77. The molecule has 0 aliphatic rings. The van der Waals surface area contributed by atoms with Crippen molar-refractivity contribution >= 4 is 62.3 Å². The highest BCUT2D eigenvalue weighted by Crippen LogP contribution is 2.27. The third kappa shape index (κ3) is 6.51. The Hall–Kier alpha value is -2.00. The van der Waals surface area contributed by atoms with E-state index < -0.39 is 34.4 Å². The molecule has 0 aliphatic carbocycles. The molecular formula is C21H24Cl3N3O4S. The van der Waals surface area contributed by atoms with Gasteiger partial charge in [-0.3, -0.25) is 13.9 Å². The van der Waals surface area contributed by atoms with Crippen LogP contribution in [0.25, 0.3) is 0 Å². The normalized spacial score (nSPS) is 12.2. The number of carbonyl (C=O) groups excluding carboxylic acids is 2. The Kier molecular flexibility index (Phi) is 8.82. The van der Waals surface area contributed by atoms with Crippen LogP contribution in [0.4, 0.5) is 5.69 Å². The fraction of sp³-hybridized carbons (Fsp3) is 0.333. The summed E-state index contributed by atoms with van der Waals surface area (Å²) >= 11 is 18.1. The standard InChI is InChI=1S/C21H24Cl3N3O4S/c1-13-5-7-16(22)10-19(13)27(32(4,30)31)12-20(28)26(14(2)21(29)25-3)11-15-6-8-17(23)18(24)9-15/h5-10,14H,11-12H2,1-4H3,(H,25,29)/t14-/m1/s1. The number of aryl methyl sites for hydroxylation is 1. The minimum atomic E-state index is -3.83. The molecule has 11 heteroatoms. The number of carbonyl (C=O) groups is 2. The third-order valence-electron chi connectivity index (χ3n) is 4.87. The van der Waals surface area contributed by atoms with Gasteiger partial charge in [-0.05, 0) is 49.2 Å². The Balaban J connectivity index is 2.44. The first-order valence-corrected chi connectivity index (χ1v) is 12.5. The van der Waals surface area contributed by atoms with Gasteiger partial charge in [0.1, 0.15) is 12.6 Å². The summed E-state index contributed by atoms with van der Waals surface area (Å²) in [4.78, 5) is 26.9. The van der Waals surface area contributed by atoms with E-state index in [1.54, 1.807) is 44.2 Å². The Morgan fingerprint density at radius 3 is 2.28 bits per heavy atom. The smallest absolute Gasteiger partial charge is 0.244 e. The van der Waals surface area contributed by atoms with Gasteiger partial charge in [0.15, 0.2) is 0 Å². The molecule has 0 unspecified atom stereocenters. The van der Waals surface area contributed by atoms with Crippen molar-refractivity contribution in [3.63, 3.8) is 0 Å². The molecule has 0 bridgehead atoms. The van der Waals surface area contributed by atoms with Gasteiger partial charge >= 0.3 is 0 Å². The lowest BCUT2D eigenvalue weighted by atomic mass is 10.1. The topological polar surface area (TPSA) is 86.8 Å². The molecule has 2 aromatic carbocycles. The summed E-state index contributed by atoms with van der Waals surface area (Å²) < 4.78 is 26.1. The Bertz CT molecular complexity index is 1130. The largest absolute Gasteiger partial charge is 0.357 e. The van der Waals surface area contributed by atoms with E-state index in [1.807, 2.05) is 0 Å². The zero-order valence-corrected chi connectivity index (χ0v) is 21.1. The van der Waals surface area contributed by atoms with Crippen LogP contribution in [-0.2, 0) is 26.2 Å². The molecule has 2 rings (SSSR count). The van der Waals surface area contributed by atoms with Gasteiger partial charge in [0.05, 0.1) is 22.0 Å². The number of amides is 2. The maximum atomic E-state index is 13.3. The molecule has 0 radical (unpaired) electrons. The van der Waals surface area contributed by atoms with Crippen LogP contribution in [0, 0.1) is 6.92 Å². The Labute approximate surface area is 203 Å². The molecule has 0 aliphatic heterocycles. The van der Waals surface area contributed by atoms with Gasteiger partial charge in [0, 0.05) is 18.6 Å². The minimum absolute atomic E-state index is 0.0242. The molecule has 1 atom stereocenters. The van der Waals surface area contributed by atoms with Crippen LogP contribution in [0.2, 0.25) is 15.1 Å². The summed E-state index contributed by atoms with van der Waals surface area (Å²) in [7, 11) is -2.38. The molecular weight excluding hydrogens is 497 g/mol. The van der Waals surface area contributed by atoms with E-state index in [9.17, 15) is 18.0 Å². The number of halogens is 3. The van der Waals surface area contributed by atoms with Crippen LogP contribution >= 0.6 is 34.8 Å². The predicted molar refractivity (Wildman–Crippen MR) is 129 cm³/mol. The summed E-state index contributed by atoms with van der Waals surface area (Å²) in [5.41, 5.74) is 1.55. The molecule has 0 fully saturated rings. The summed E-state index contributed by atoms with van der Waals surface area (Å²) in [6.45, 7) is 2.79. The zero-order valence-electron chi connectivity index (χ0n) is 18.0. The fourth-order valence-corrected chi connectivity index (χ4v) is 4.46. The number of nitrogens with zero attached hydrogens (tertiary/aromatic N) is 2. The number of sulfonamides is 1. The second-order valence-electron chi connectivity index (χ2n) is 7.26. The first-order chi connectivity index (χ1) is 14.8. The highest BCUT2D eigenvalue weighted by molar-refractivity contribution is 7.92. The van der Waals surface area contributed by atoms with Gasteiger partial charge in [0.2, 0.25) is 21.8 Å². The lowest BCUT2D eigenvalue weighted by Crippen LogP contribution is -2.50. The predicted octanol–water partition coefficient (Wildman–Crippen LogP) is 3.88. The van der Waals surface area contributed by atoms with Crippen molar-refractivity contribution in [1.82, 2.24) is 10.2 Å². The van der Waals surface area contributed by atoms with Crippen molar-refractivity contribution in [2.45, 2.75) is 26.4 Å². The lowest BCUT2D eigenvalue weighted by Gasteiger charge is -2.31. The maximum absolute atomic E-state index is 13.3. The average molecular weight is 521 g/mol. The molecule has 0 saturated carbocycles. The number of likely N-dealkylation sites (N-methyl/N-ethyl adjacent to an activating group) is 1. The van der Waals surface area contributed by atoms with Gasteiger partial charge in [-0.15, -0.1) is 0 Å². The van der Waals surface area contributed by atoms with Crippen LogP contribution in [-0.4, -0.2) is 51.0 Å². The van der Waals surface area contributed by atoms with Crippen LogP contribution in [0.5, 0.6) is 0 Å². The number of hydrogen-bond donors (Lipinski definition) is 1. The molecule has 174 valence electrons. The Morgan fingerprint density at radius 2 is 1.72 bits per heavy atom. The number of benzene rings is 2. The van der Waals surface area contributed by atoms with Gasteiger partial charge in [-0.25, -0.2) is 8.42 Å². The maximum Gasteiger partial charge on any atom is 0.244 e. The second-order valence-corrected chi connectivity index (χ2v) is 10.4. The zero-order chi connectivity index (χ0) is 24.2. The van der Waals surface area contributed by atoms with E-state index in [4.69, 9.17) is 34.8 Å². The van der Waals surface area contributed by atoms with E-state index >= 15 is 0 Å². The second kappa shape index (κ2) is 10.7. The van der Waals surface area contributed by atoms with Gasteiger partial charge < -0.3 is 10.2 Å². The molecule has 7 nitrogen and oxygen atoms in total. The number of nitrogens with one attached hydrogen (secondary N) is 1. The van der Waals surface area contributed by atoms with Crippen molar-refractivity contribution in [2.24, 2.45) is 0 Å². The van der Waals surface area contributed by atoms with E-state index in [1.165, 1.54) is 18.0 Å². The molecule has 1 N–H and O–H groups in total. The monoisotopic (exact) mass is 519 g/mol. The number of anilines is 1. The van der Waals surface area contributed by atoms with Gasteiger partial charge in [-0.2, -0.15) is 0 Å². The SMILES string of the molecule is CNC(=O)[C@@H](C)N(Cc1ccc(Cl)c(Cl)c1)C(=O)CN(c1cc(Cl)ccc1C)S(C)(=O)=O. The lowest BCUT2D eigenvalue weighted by molar-refractivity contribution is -0.139. The van der Waals surface area contributed by atoms with Crippen molar-refractivity contribution in [1.29, 1.82) is 0 Å². The van der Waals surface area contributed by atoms with E-state index in [0.717, 1.165) is 10.6 Å². The summed E-state index contributed by atoms with van der Waals surface area (Å²) in [6.07, 6.45) is 1.01. The average Bonchev–Trinajstić information content (AvgIpc) is 2.72. The molecule has 0 heterocycles. The van der Waals surface area contributed by atoms with Gasteiger partial charge in [0.25, 0.3) is 0 Å². The van der Waals surface area contributed by atoms with Crippen molar-refractivity contribution in [3.8, 4) is 0 Å². The molecule has 0 aromatic heterocycles. The molecule has 2 aromatic rings. The summed E-state index contributed by atoms with van der Waals surface area (Å²) in [5, 5.41) is 3.50.